The van der Waals surface area contributed by atoms with Gasteiger partial charge in [-0.2, -0.15) is 5.10 Å². The Labute approximate surface area is 170 Å². The molecule has 140 valence electrons. The van der Waals surface area contributed by atoms with Crippen molar-refractivity contribution in [1.29, 1.82) is 0 Å². The summed E-state index contributed by atoms with van der Waals surface area (Å²) < 4.78 is 18.5. The summed E-state index contributed by atoms with van der Waals surface area (Å²) in [4.78, 5) is 0. The number of hydrazone groups is 1. The maximum atomic E-state index is 6.34. The zero-order valence-electron chi connectivity index (χ0n) is 14.6. The summed E-state index contributed by atoms with van der Waals surface area (Å²) in [5.41, 5.74) is 13.1. The average Bonchev–Trinajstić information content (AvgIpc) is 2.64. The number of nitrogens with one attached hydrogen (secondary N) is 1. The van der Waals surface area contributed by atoms with Crippen LogP contribution in [0, 0.1) is 6.92 Å². The highest BCUT2D eigenvalue weighted by Crippen LogP contribution is 2.42. The van der Waals surface area contributed by atoms with Gasteiger partial charge in [-0.1, -0.05) is 22.0 Å². The lowest BCUT2D eigenvalue weighted by Gasteiger charge is -2.30. The minimum absolute atomic E-state index is 0.125. The number of nitrogens with two attached hydrogens (primary N) is 1. The molecule has 0 bridgehead atoms. The summed E-state index contributed by atoms with van der Waals surface area (Å²) in [7, 11) is 0. The van der Waals surface area contributed by atoms with E-state index in [2.05, 4.69) is 26.5 Å². The maximum absolute atomic E-state index is 6.34. The lowest BCUT2D eigenvalue weighted by Crippen LogP contribution is -2.29. The number of halogens is 1. The third-order valence-corrected chi connectivity index (χ3v) is 5.00. The largest absolute Gasteiger partial charge is 0.484 e. The van der Waals surface area contributed by atoms with E-state index in [1.807, 2.05) is 37.3 Å². The number of hydrogen-bond donors (Lipinski definition) is 2. The van der Waals surface area contributed by atoms with Crippen LogP contribution in [0.1, 0.15) is 34.8 Å². The van der Waals surface area contributed by atoms with Gasteiger partial charge in [0.15, 0.2) is 11.9 Å². The van der Waals surface area contributed by atoms with E-state index in [1.165, 1.54) is 0 Å². The number of nitrogens with zero attached hydrogens (tertiary/aromatic N) is 1. The first-order valence-corrected chi connectivity index (χ1v) is 9.64. The van der Waals surface area contributed by atoms with Gasteiger partial charge in [-0.05, 0) is 49.0 Å². The molecule has 3 N–H and O–H groups in total. The lowest BCUT2D eigenvalue weighted by atomic mass is 9.93. The number of thiocarbonyl (C=S) groups is 1. The predicted molar refractivity (Wildman–Crippen MR) is 110 cm³/mol. The highest BCUT2D eigenvalue weighted by molar-refractivity contribution is 9.10. The molecule has 0 aliphatic carbocycles. The summed E-state index contributed by atoms with van der Waals surface area (Å²) in [5, 5.41) is 4.53. The second-order valence-electron chi connectivity index (χ2n) is 6.44. The molecule has 2 aliphatic heterocycles. The summed E-state index contributed by atoms with van der Waals surface area (Å²) in [6, 6.07) is 10.1. The smallest absolute Gasteiger partial charge is 0.189 e. The van der Waals surface area contributed by atoms with Gasteiger partial charge in [-0.25, -0.2) is 0 Å². The van der Waals surface area contributed by atoms with Crippen LogP contribution < -0.4 is 20.6 Å². The Morgan fingerprint density at radius 1 is 1.33 bits per heavy atom. The first-order valence-electron chi connectivity index (χ1n) is 8.44. The lowest BCUT2D eigenvalue weighted by molar-refractivity contribution is -0.0183. The number of aryl methyl sites for hydroxylation is 1. The Balaban J connectivity index is 1.78. The molecule has 2 aromatic rings. The van der Waals surface area contributed by atoms with Crippen LogP contribution in [0.3, 0.4) is 0 Å². The van der Waals surface area contributed by atoms with Crippen molar-refractivity contribution >= 4 is 39.0 Å². The minimum Gasteiger partial charge on any atom is -0.484 e. The fourth-order valence-electron chi connectivity index (χ4n) is 3.30. The molecular weight excluding hydrogens is 430 g/mol. The minimum atomic E-state index is -0.254. The van der Waals surface area contributed by atoms with Gasteiger partial charge < -0.3 is 19.9 Å². The first kappa shape index (κ1) is 18.2. The van der Waals surface area contributed by atoms with Gasteiger partial charge in [0.2, 0.25) is 0 Å². The topological polar surface area (TPSA) is 78.1 Å². The monoisotopic (exact) mass is 447 g/mol. The molecule has 0 saturated carbocycles. The van der Waals surface area contributed by atoms with E-state index >= 15 is 0 Å². The second-order valence-corrected chi connectivity index (χ2v) is 7.79. The quantitative estimate of drug-likeness (QED) is 0.539. The van der Waals surface area contributed by atoms with Crippen molar-refractivity contribution in [3.8, 4) is 11.5 Å². The normalized spacial score (nSPS) is 19.5. The van der Waals surface area contributed by atoms with Crippen LogP contribution in [0.4, 0.5) is 0 Å². The van der Waals surface area contributed by atoms with Crippen molar-refractivity contribution in [1.82, 2.24) is 5.43 Å². The number of hydrogen-bond acceptors (Lipinski definition) is 5. The molecule has 2 aliphatic rings. The van der Waals surface area contributed by atoms with Gasteiger partial charge in [0.1, 0.15) is 17.6 Å². The fraction of sp³-hybridized carbons (Fsp3) is 0.263. The zero-order chi connectivity index (χ0) is 19.0. The van der Waals surface area contributed by atoms with E-state index in [-0.39, 0.29) is 18.0 Å². The van der Waals surface area contributed by atoms with E-state index in [0.717, 1.165) is 43.9 Å². The summed E-state index contributed by atoms with van der Waals surface area (Å²) in [6.45, 7) is 2.76. The van der Waals surface area contributed by atoms with Crippen LogP contribution >= 0.6 is 28.1 Å². The van der Waals surface area contributed by atoms with Crippen LogP contribution in [0.15, 0.2) is 39.9 Å². The van der Waals surface area contributed by atoms with Gasteiger partial charge in [0, 0.05) is 27.6 Å². The molecule has 0 fully saturated rings. The Kier molecular flexibility index (Phi) is 5.03. The molecule has 0 aromatic heterocycles. The Hall–Kier alpha value is -2.16. The predicted octanol–water partition coefficient (Wildman–Crippen LogP) is 3.69. The van der Waals surface area contributed by atoms with Crippen molar-refractivity contribution in [3.63, 3.8) is 0 Å². The van der Waals surface area contributed by atoms with Crippen molar-refractivity contribution < 1.29 is 14.2 Å². The zero-order valence-corrected chi connectivity index (χ0v) is 17.0. The van der Waals surface area contributed by atoms with Crippen LogP contribution in [-0.4, -0.2) is 17.6 Å². The van der Waals surface area contributed by atoms with Gasteiger partial charge in [-0.15, -0.1) is 0 Å². The number of benzene rings is 2. The molecule has 0 saturated heterocycles. The molecule has 1 atom stereocenters. The Morgan fingerprint density at radius 3 is 3.00 bits per heavy atom. The van der Waals surface area contributed by atoms with Crippen molar-refractivity contribution in [3.05, 3.63) is 57.1 Å². The summed E-state index contributed by atoms with van der Waals surface area (Å²) in [5.74, 6) is 1.59. The molecule has 0 spiro atoms. The molecule has 0 radical (unpaired) electrons. The Morgan fingerprint density at radius 2 is 2.19 bits per heavy atom. The Bertz CT molecular complexity index is 948. The van der Waals surface area contributed by atoms with Crippen molar-refractivity contribution in [2.24, 2.45) is 10.8 Å². The maximum Gasteiger partial charge on any atom is 0.189 e. The van der Waals surface area contributed by atoms with Crippen LogP contribution in [-0.2, 0) is 11.3 Å². The molecule has 2 heterocycles. The molecule has 4 rings (SSSR count). The molecular formula is C19H18BrN3O3S. The molecule has 27 heavy (non-hydrogen) atoms. The second kappa shape index (κ2) is 7.46. The van der Waals surface area contributed by atoms with Crippen LogP contribution in [0.2, 0.25) is 0 Å². The van der Waals surface area contributed by atoms with Crippen LogP contribution in [0.25, 0.3) is 0 Å². The van der Waals surface area contributed by atoms with Crippen molar-refractivity contribution in [2.45, 2.75) is 26.1 Å². The molecule has 6 nitrogen and oxygen atoms in total. The highest BCUT2D eigenvalue weighted by Gasteiger charge is 2.31. The molecule has 0 amide bonds. The van der Waals surface area contributed by atoms with E-state index in [1.54, 1.807) is 0 Å². The van der Waals surface area contributed by atoms with Crippen LogP contribution in [0.5, 0.6) is 11.5 Å². The highest BCUT2D eigenvalue weighted by atomic mass is 79.9. The third-order valence-electron chi connectivity index (χ3n) is 4.45. The first-order chi connectivity index (χ1) is 13.0. The van der Waals surface area contributed by atoms with E-state index < -0.39 is 0 Å². The number of fused-ring (bicyclic) bond motifs is 2. The average molecular weight is 448 g/mol. The van der Waals surface area contributed by atoms with Gasteiger partial charge in [0.05, 0.1) is 12.3 Å². The van der Waals surface area contributed by atoms with Gasteiger partial charge in [-0.3, -0.25) is 5.43 Å². The fourth-order valence-corrected chi connectivity index (χ4v) is 3.86. The van der Waals surface area contributed by atoms with E-state index in [4.69, 9.17) is 32.2 Å². The molecule has 8 heteroatoms. The third kappa shape index (κ3) is 3.78. The number of rotatable bonds is 2. The number of ether oxygens (including phenoxy) is 3. The van der Waals surface area contributed by atoms with Gasteiger partial charge in [0.25, 0.3) is 0 Å². The van der Waals surface area contributed by atoms with Gasteiger partial charge >= 0.3 is 0 Å². The molecule has 1 unspecified atom stereocenters. The standard InChI is InChI=1S/C19H18BrN3O3S/c1-10-2-3-13-15(22-23-19(21)27)7-17(26-16(13)4-10)14-6-12(20)5-11-8-24-9-25-18(11)14/h2-6,17H,7-9H2,1H3,(H3,21,23,27)/b22-15+. The molecule has 2 aromatic carbocycles. The van der Waals surface area contributed by atoms with E-state index in [0.29, 0.717) is 13.0 Å². The summed E-state index contributed by atoms with van der Waals surface area (Å²) >= 11 is 8.46. The van der Waals surface area contributed by atoms with E-state index in [9.17, 15) is 0 Å². The van der Waals surface area contributed by atoms with Crippen molar-refractivity contribution in [2.75, 3.05) is 6.79 Å². The SMILES string of the molecule is Cc1ccc2c(c1)OC(c1cc(Br)cc3c1OCOC3)C/C2=N\NC(N)=S. The summed E-state index contributed by atoms with van der Waals surface area (Å²) in [6.07, 6.45) is 0.300.